The topological polar surface area (TPSA) is 101 Å². The van der Waals surface area contributed by atoms with Crippen LogP contribution in [0.2, 0.25) is 0 Å². The molecule has 13 heteroatoms. The lowest BCUT2D eigenvalue weighted by atomic mass is 9.59. The number of ether oxygens (including phenoxy) is 1. The number of anilines is 1. The molecule has 1 aliphatic heterocycles. The molecule has 1 heterocycles. The molecule has 4 atom stereocenters. The van der Waals surface area contributed by atoms with E-state index in [0.29, 0.717) is 28.4 Å². The maximum absolute atomic E-state index is 14.1. The Balaban J connectivity index is 1.29. The summed E-state index contributed by atoms with van der Waals surface area (Å²) >= 11 is 0. The van der Waals surface area contributed by atoms with Crippen molar-refractivity contribution < 1.29 is 55.4 Å². The minimum atomic E-state index is -5.22. The van der Waals surface area contributed by atoms with Crippen LogP contribution in [0.5, 0.6) is 11.5 Å². The molecule has 7 nitrogen and oxygen atoms in total. The largest absolute Gasteiger partial charge is 0.507 e. The van der Waals surface area contributed by atoms with Gasteiger partial charge in [0.25, 0.3) is 0 Å². The van der Waals surface area contributed by atoms with Gasteiger partial charge in [-0.2, -0.15) is 26.3 Å². The molecule has 3 aromatic rings. The van der Waals surface area contributed by atoms with E-state index in [0.717, 1.165) is 11.6 Å². The van der Waals surface area contributed by atoms with Gasteiger partial charge < -0.3 is 9.84 Å². The molecule has 262 valence electrons. The second-order valence-electron chi connectivity index (χ2n) is 13.0. The number of rotatable bonds is 5. The number of hydrogen-bond acceptors (Lipinski definition) is 6. The van der Waals surface area contributed by atoms with E-state index in [4.69, 9.17) is 4.74 Å². The second-order valence-corrected chi connectivity index (χ2v) is 13.0. The van der Waals surface area contributed by atoms with Gasteiger partial charge in [0.15, 0.2) is 11.6 Å². The number of allylic oxidation sites excluding steroid dienone is 6. The monoisotopic (exact) mass is 707 g/mol. The summed E-state index contributed by atoms with van der Waals surface area (Å²) in [4.78, 5) is 55.3. The highest BCUT2D eigenvalue weighted by atomic mass is 19.4. The van der Waals surface area contributed by atoms with Crippen molar-refractivity contribution in [1.29, 1.82) is 0 Å². The Kier molecular flexibility index (Phi) is 8.07. The number of nitrogens with zero attached hydrogens (tertiary/aromatic N) is 1. The van der Waals surface area contributed by atoms with Gasteiger partial charge in [0, 0.05) is 34.3 Å². The molecule has 1 saturated heterocycles. The number of Topliss-reactive ketones (excluding diaryl/α,β-unsaturated/α-hetero) is 1. The van der Waals surface area contributed by atoms with Gasteiger partial charge >= 0.3 is 12.4 Å². The Morgan fingerprint density at radius 3 is 2.14 bits per heavy atom. The van der Waals surface area contributed by atoms with Gasteiger partial charge in [-0.1, -0.05) is 48.0 Å². The number of fused-ring (bicyclic) bond motifs is 3. The van der Waals surface area contributed by atoms with Gasteiger partial charge in [-0.3, -0.25) is 19.2 Å². The van der Waals surface area contributed by atoms with Crippen molar-refractivity contribution in [1.82, 2.24) is 0 Å². The molecule has 0 aromatic heterocycles. The molecule has 1 N–H and O–H groups in total. The number of carbonyl (C=O) groups is 4. The van der Waals surface area contributed by atoms with Crippen molar-refractivity contribution >= 4 is 29.1 Å². The molecule has 1 fully saturated rings. The SMILES string of the molecule is CC1=CC(=O)C2=C(C1=O)[C@@H](c1ccc(OCc3ccccc3)cc1O)C1=CC[C@@H]3C(=O)N(c4cc(C(F)(F)F)cc(C(F)(F)F)c4)C(=O)[C@@H]3[C@@H]1C2. The number of imide groups is 1. The zero-order chi connectivity index (χ0) is 36.6. The normalized spacial score (nSPS) is 23.5. The van der Waals surface area contributed by atoms with Crippen LogP contribution in [0, 0.1) is 17.8 Å². The fourth-order valence-corrected chi connectivity index (χ4v) is 7.64. The molecular formula is C38H27F6NO6. The Hall–Kier alpha value is -5.46. The van der Waals surface area contributed by atoms with E-state index in [-0.39, 0.29) is 53.5 Å². The van der Waals surface area contributed by atoms with E-state index in [1.165, 1.54) is 19.1 Å². The zero-order valence-electron chi connectivity index (χ0n) is 26.6. The number of phenolic OH excluding ortho intramolecular Hbond substituents is 1. The van der Waals surface area contributed by atoms with Crippen molar-refractivity contribution in [2.75, 3.05) is 4.90 Å². The summed E-state index contributed by atoms with van der Waals surface area (Å²) < 4.78 is 88.1. The highest BCUT2D eigenvalue weighted by Gasteiger charge is 2.57. The van der Waals surface area contributed by atoms with Gasteiger partial charge in [-0.25, -0.2) is 4.90 Å². The molecule has 0 unspecified atom stereocenters. The van der Waals surface area contributed by atoms with Crippen LogP contribution in [-0.4, -0.2) is 28.5 Å². The summed E-state index contributed by atoms with van der Waals surface area (Å²) in [5, 5.41) is 11.3. The van der Waals surface area contributed by atoms with Gasteiger partial charge in [0.05, 0.1) is 28.7 Å². The standard InChI is InChI=1S/C38H27F6NO6/c1-18-11-29(46)28-16-27-24(31(33(28)34(18)48)25-8-7-23(15-30(25)47)51-17-19-5-3-2-4-6-19)9-10-26-32(27)36(50)45(35(26)49)22-13-20(37(39,40)41)12-21(14-22)38(42,43)44/h2-9,11-15,26-27,31-32,47H,10,16-17H2,1H3/t26-,27+,31+,32-/m0/s1. The molecule has 0 saturated carbocycles. The lowest BCUT2D eigenvalue weighted by Gasteiger charge is -2.42. The number of alkyl halides is 6. The Labute approximate surface area is 286 Å². The van der Waals surface area contributed by atoms with Gasteiger partial charge in [-0.15, -0.1) is 0 Å². The number of halogens is 6. The first-order valence-corrected chi connectivity index (χ1v) is 15.9. The highest BCUT2D eigenvalue weighted by Crippen LogP contribution is 2.57. The molecule has 7 rings (SSSR count). The summed E-state index contributed by atoms with van der Waals surface area (Å²) in [6.07, 6.45) is -7.97. The number of aromatic hydroxyl groups is 1. The summed E-state index contributed by atoms with van der Waals surface area (Å²) in [5.74, 6) is -7.39. The Morgan fingerprint density at radius 1 is 0.843 bits per heavy atom. The third-order valence-electron chi connectivity index (χ3n) is 9.96. The summed E-state index contributed by atoms with van der Waals surface area (Å²) in [5.41, 5.74) is -2.43. The van der Waals surface area contributed by atoms with Crippen LogP contribution >= 0.6 is 0 Å². The fraction of sp³-hybridized carbons (Fsp3) is 0.263. The Bertz CT molecular complexity index is 2080. The van der Waals surface area contributed by atoms with E-state index in [1.807, 2.05) is 30.3 Å². The van der Waals surface area contributed by atoms with Gasteiger partial charge in [0.1, 0.15) is 18.1 Å². The number of hydrogen-bond donors (Lipinski definition) is 1. The third-order valence-corrected chi connectivity index (χ3v) is 9.96. The molecular weight excluding hydrogens is 680 g/mol. The average Bonchev–Trinajstić information content (AvgIpc) is 3.34. The van der Waals surface area contributed by atoms with E-state index in [9.17, 15) is 50.6 Å². The second kappa shape index (κ2) is 12.1. The first-order valence-electron chi connectivity index (χ1n) is 15.9. The smallest absolute Gasteiger partial charge is 0.416 e. The van der Waals surface area contributed by atoms with Crippen molar-refractivity contribution in [3.63, 3.8) is 0 Å². The van der Waals surface area contributed by atoms with E-state index in [1.54, 1.807) is 12.1 Å². The van der Waals surface area contributed by atoms with E-state index in [2.05, 4.69) is 0 Å². The minimum absolute atomic E-state index is 0.0549. The quantitative estimate of drug-likeness (QED) is 0.127. The molecule has 3 aliphatic carbocycles. The van der Waals surface area contributed by atoms with Crippen LogP contribution in [0.3, 0.4) is 0 Å². The Morgan fingerprint density at radius 2 is 1.51 bits per heavy atom. The molecule has 3 aromatic carbocycles. The first kappa shape index (κ1) is 34.0. The first-order chi connectivity index (χ1) is 24.0. The van der Waals surface area contributed by atoms with Crippen LogP contribution in [0.25, 0.3) is 0 Å². The average molecular weight is 708 g/mol. The van der Waals surface area contributed by atoms with Crippen LogP contribution in [0.4, 0.5) is 32.0 Å². The predicted octanol–water partition coefficient (Wildman–Crippen LogP) is 7.64. The lowest BCUT2D eigenvalue weighted by molar-refractivity contribution is -0.143. The molecule has 0 spiro atoms. The van der Waals surface area contributed by atoms with Crippen molar-refractivity contribution in [2.24, 2.45) is 17.8 Å². The van der Waals surface area contributed by atoms with E-state index >= 15 is 0 Å². The third kappa shape index (κ3) is 5.83. The predicted molar refractivity (Wildman–Crippen MR) is 169 cm³/mol. The number of phenols is 1. The number of amides is 2. The zero-order valence-corrected chi connectivity index (χ0v) is 26.6. The van der Waals surface area contributed by atoms with Crippen LogP contribution < -0.4 is 9.64 Å². The molecule has 2 amide bonds. The number of benzene rings is 3. The molecule has 51 heavy (non-hydrogen) atoms. The summed E-state index contributed by atoms with van der Waals surface area (Å²) in [7, 11) is 0. The van der Waals surface area contributed by atoms with Gasteiger partial charge in [0.2, 0.25) is 11.8 Å². The summed E-state index contributed by atoms with van der Waals surface area (Å²) in [6.45, 7) is 1.66. The van der Waals surface area contributed by atoms with Crippen LogP contribution in [0.15, 0.2) is 101 Å². The van der Waals surface area contributed by atoms with E-state index < -0.39 is 76.2 Å². The minimum Gasteiger partial charge on any atom is -0.507 e. The number of ketones is 2. The lowest BCUT2D eigenvalue weighted by Crippen LogP contribution is -2.39. The van der Waals surface area contributed by atoms with Crippen molar-refractivity contribution in [3.05, 3.63) is 123 Å². The maximum atomic E-state index is 14.1. The van der Waals surface area contributed by atoms with Crippen molar-refractivity contribution in [3.8, 4) is 11.5 Å². The van der Waals surface area contributed by atoms with Crippen LogP contribution in [0.1, 0.15) is 47.9 Å². The van der Waals surface area contributed by atoms with Crippen molar-refractivity contribution in [2.45, 2.75) is 44.6 Å². The number of carbonyl (C=O) groups excluding carboxylic acids is 4. The van der Waals surface area contributed by atoms with Crippen LogP contribution in [-0.2, 0) is 38.1 Å². The molecule has 0 radical (unpaired) electrons. The molecule has 4 aliphatic rings. The fourth-order valence-electron chi connectivity index (χ4n) is 7.64. The summed E-state index contributed by atoms with van der Waals surface area (Å²) in [6, 6.07) is 14.3. The van der Waals surface area contributed by atoms with Gasteiger partial charge in [-0.05, 0) is 61.6 Å². The molecule has 0 bridgehead atoms. The highest BCUT2D eigenvalue weighted by molar-refractivity contribution is 6.25. The maximum Gasteiger partial charge on any atom is 0.416 e.